The van der Waals surface area contributed by atoms with Gasteiger partial charge in [-0.25, -0.2) is 13.8 Å². The Bertz CT molecular complexity index is 1580. The molecular weight excluding hydrogens is 506 g/mol. The number of amides is 1. The number of nitrogens with zero attached hydrogens (tertiary/aromatic N) is 5. The van der Waals surface area contributed by atoms with E-state index >= 15 is 0 Å². The third kappa shape index (κ3) is 4.29. The molecule has 206 valence electrons. The number of aryl methyl sites for hydroxylation is 1. The lowest BCUT2D eigenvalue weighted by Crippen LogP contribution is -2.54. The second-order valence-corrected chi connectivity index (χ2v) is 10.5. The van der Waals surface area contributed by atoms with E-state index < -0.39 is 30.8 Å². The Kier molecular flexibility index (Phi) is 6.22. The Morgan fingerprint density at radius 2 is 2.05 bits per heavy atom. The SMILES string of the molecule is COc1cc(C(=O)N2CC(N)CC(F)(F)C2)cc2nc(-c3cc4cccc5c4n3CCN5CCCO)n(C)c12. The lowest BCUT2D eigenvalue weighted by molar-refractivity contribution is -0.0621. The normalized spacial score (nSPS) is 18.8. The van der Waals surface area contributed by atoms with Crippen LogP contribution in [0.3, 0.4) is 0 Å². The van der Waals surface area contributed by atoms with Crippen LogP contribution in [0.15, 0.2) is 36.4 Å². The number of benzene rings is 2. The number of carbonyl (C=O) groups is 1. The third-order valence-electron chi connectivity index (χ3n) is 7.77. The molecule has 0 saturated carbocycles. The van der Waals surface area contributed by atoms with E-state index in [1.807, 2.05) is 17.7 Å². The largest absolute Gasteiger partial charge is 0.494 e. The quantitative estimate of drug-likeness (QED) is 0.391. The van der Waals surface area contributed by atoms with Crippen LogP contribution in [-0.2, 0) is 13.6 Å². The summed E-state index contributed by atoms with van der Waals surface area (Å²) in [7, 11) is 3.42. The number of hydrogen-bond donors (Lipinski definition) is 2. The van der Waals surface area contributed by atoms with Gasteiger partial charge in [-0.15, -0.1) is 0 Å². The lowest BCUT2D eigenvalue weighted by atomic mass is 10.0. The van der Waals surface area contributed by atoms with E-state index in [-0.39, 0.29) is 18.7 Å². The molecule has 0 aliphatic carbocycles. The first-order valence-corrected chi connectivity index (χ1v) is 13.2. The van der Waals surface area contributed by atoms with Crippen molar-refractivity contribution in [1.29, 1.82) is 0 Å². The minimum absolute atomic E-state index is 0.0694. The first-order chi connectivity index (χ1) is 18.7. The lowest BCUT2D eigenvalue weighted by Gasteiger charge is -2.36. The van der Waals surface area contributed by atoms with Gasteiger partial charge >= 0.3 is 0 Å². The van der Waals surface area contributed by atoms with Gasteiger partial charge in [0.15, 0.2) is 5.82 Å². The average Bonchev–Trinajstić information content (AvgIpc) is 3.44. The van der Waals surface area contributed by atoms with Crippen LogP contribution in [0.25, 0.3) is 33.5 Å². The summed E-state index contributed by atoms with van der Waals surface area (Å²) < 4.78 is 38.2. The molecule has 0 radical (unpaired) electrons. The predicted molar refractivity (Wildman–Crippen MR) is 146 cm³/mol. The first kappa shape index (κ1) is 25.6. The minimum atomic E-state index is -3.02. The fourth-order valence-electron chi connectivity index (χ4n) is 6.11. The first-order valence-electron chi connectivity index (χ1n) is 13.2. The van der Waals surface area contributed by atoms with Gasteiger partial charge in [0.25, 0.3) is 11.8 Å². The number of anilines is 1. The number of aliphatic hydroxyl groups is 1. The Morgan fingerprint density at radius 3 is 2.79 bits per heavy atom. The zero-order chi connectivity index (χ0) is 27.5. The van der Waals surface area contributed by atoms with E-state index in [0.717, 1.165) is 46.8 Å². The summed E-state index contributed by atoms with van der Waals surface area (Å²) in [6.07, 6.45) is 0.272. The molecule has 6 rings (SSSR count). The molecule has 9 nitrogen and oxygen atoms in total. The number of rotatable bonds is 6. The number of fused-ring (bicyclic) bond motifs is 1. The van der Waals surface area contributed by atoms with E-state index in [9.17, 15) is 18.7 Å². The van der Waals surface area contributed by atoms with E-state index in [1.165, 1.54) is 7.11 Å². The van der Waals surface area contributed by atoms with Gasteiger partial charge in [0.2, 0.25) is 0 Å². The Balaban J connectivity index is 1.44. The van der Waals surface area contributed by atoms with Crippen molar-refractivity contribution in [3.05, 3.63) is 42.0 Å². The van der Waals surface area contributed by atoms with Gasteiger partial charge in [-0.2, -0.15) is 0 Å². The maximum absolute atomic E-state index is 14.2. The van der Waals surface area contributed by atoms with Gasteiger partial charge in [-0.3, -0.25) is 4.79 Å². The monoisotopic (exact) mass is 538 g/mol. The van der Waals surface area contributed by atoms with Crippen LogP contribution in [0.2, 0.25) is 0 Å². The number of alkyl halides is 2. The molecule has 1 amide bonds. The van der Waals surface area contributed by atoms with Crippen LogP contribution in [0.4, 0.5) is 14.5 Å². The zero-order valence-electron chi connectivity index (χ0n) is 22.0. The summed E-state index contributed by atoms with van der Waals surface area (Å²) in [6.45, 7) is 1.91. The molecule has 2 aromatic carbocycles. The van der Waals surface area contributed by atoms with Gasteiger partial charge in [-0.1, -0.05) is 12.1 Å². The van der Waals surface area contributed by atoms with E-state index in [0.29, 0.717) is 29.0 Å². The number of piperidine rings is 1. The van der Waals surface area contributed by atoms with Crippen molar-refractivity contribution in [2.45, 2.75) is 31.4 Å². The summed E-state index contributed by atoms with van der Waals surface area (Å²) >= 11 is 0. The summed E-state index contributed by atoms with van der Waals surface area (Å²) in [5, 5.41) is 10.4. The van der Waals surface area contributed by atoms with Crippen molar-refractivity contribution in [2.75, 3.05) is 44.8 Å². The fourth-order valence-corrected chi connectivity index (χ4v) is 6.11. The molecule has 4 heterocycles. The van der Waals surface area contributed by atoms with Crippen molar-refractivity contribution >= 4 is 33.5 Å². The molecular formula is C28H32F2N6O3. The highest BCUT2D eigenvalue weighted by Gasteiger charge is 2.41. The molecule has 2 aliphatic heterocycles. The highest BCUT2D eigenvalue weighted by molar-refractivity contribution is 6.01. The smallest absolute Gasteiger partial charge is 0.266 e. The molecule has 0 bridgehead atoms. The maximum atomic E-state index is 14.2. The van der Waals surface area contributed by atoms with Gasteiger partial charge in [0, 0.05) is 63.2 Å². The fraction of sp³-hybridized carbons (Fsp3) is 0.429. The van der Waals surface area contributed by atoms with Crippen LogP contribution >= 0.6 is 0 Å². The van der Waals surface area contributed by atoms with Crippen LogP contribution in [-0.4, -0.2) is 81.9 Å². The van der Waals surface area contributed by atoms with Crippen LogP contribution in [0, 0.1) is 0 Å². The van der Waals surface area contributed by atoms with Crippen molar-refractivity contribution in [3.63, 3.8) is 0 Å². The maximum Gasteiger partial charge on any atom is 0.266 e. The van der Waals surface area contributed by atoms with Gasteiger partial charge in [0.1, 0.15) is 11.3 Å². The summed E-state index contributed by atoms with van der Waals surface area (Å²) in [5.41, 5.74) is 10.5. The topological polar surface area (TPSA) is 102 Å². The molecule has 1 atom stereocenters. The molecule has 11 heteroatoms. The van der Waals surface area contributed by atoms with Crippen molar-refractivity contribution in [1.82, 2.24) is 19.0 Å². The number of aliphatic hydroxyl groups excluding tert-OH is 1. The van der Waals surface area contributed by atoms with Crippen LogP contribution in [0.5, 0.6) is 5.75 Å². The summed E-state index contributed by atoms with van der Waals surface area (Å²) in [4.78, 5) is 21.6. The summed E-state index contributed by atoms with van der Waals surface area (Å²) in [6, 6.07) is 10.8. The highest BCUT2D eigenvalue weighted by atomic mass is 19.3. The molecule has 0 spiro atoms. The van der Waals surface area contributed by atoms with Gasteiger partial charge < -0.3 is 34.5 Å². The third-order valence-corrected chi connectivity index (χ3v) is 7.77. The Morgan fingerprint density at radius 1 is 1.23 bits per heavy atom. The number of likely N-dealkylation sites (tertiary alicyclic amines) is 1. The Labute approximate surface area is 224 Å². The molecule has 3 N–H and O–H groups in total. The zero-order valence-corrected chi connectivity index (χ0v) is 22.0. The second-order valence-electron chi connectivity index (χ2n) is 10.5. The number of halogens is 2. The van der Waals surface area contributed by atoms with Crippen molar-refractivity contribution < 1.29 is 23.4 Å². The summed E-state index contributed by atoms with van der Waals surface area (Å²) in [5.74, 6) is -2.39. The standard InChI is InChI=1S/C28H32F2N6O3/c1-33-25-20(11-18(13-23(25)39-2)27(38)35-15-19(31)14-28(29,30)16-35)32-26(33)22-12-17-5-3-6-21-24(17)36(22)9-8-34(21)7-4-10-37/h3,5-6,11-13,19,37H,4,7-10,14-16,31H2,1-2H3. The number of imidazole rings is 1. The van der Waals surface area contributed by atoms with Gasteiger partial charge in [0.05, 0.1) is 36.1 Å². The Hall–Kier alpha value is -3.70. The number of para-hydroxylation sites is 1. The molecule has 2 aromatic heterocycles. The number of carbonyl (C=O) groups excluding carboxylic acids is 1. The number of aromatic nitrogens is 3. The van der Waals surface area contributed by atoms with E-state index in [1.54, 1.807) is 12.1 Å². The van der Waals surface area contributed by atoms with Crippen LogP contribution < -0.4 is 15.4 Å². The molecule has 1 fully saturated rings. The van der Waals surface area contributed by atoms with E-state index in [2.05, 4.69) is 27.7 Å². The second kappa shape index (κ2) is 9.49. The van der Waals surface area contributed by atoms with E-state index in [4.69, 9.17) is 15.5 Å². The average molecular weight is 539 g/mol. The number of ether oxygens (including phenoxy) is 1. The number of nitrogens with two attached hydrogens (primary N) is 1. The molecule has 1 unspecified atom stereocenters. The van der Waals surface area contributed by atoms with Crippen molar-refractivity contribution in [3.8, 4) is 17.3 Å². The molecule has 39 heavy (non-hydrogen) atoms. The number of hydrogen-bond acceptors (Lipinski definition) is 6. The molecule has 1 saturated heterocycles. The predicted octanol–water partition coefficient (Wildman–Crippen LogP) is 3.21. The minimum Gasteiger partial charge on any atom is -0.494 e. The molecule has 4 aromatic rings. The van der Waals surface area contributed by atoms with Crippen LogP contribution in [0.1, 0.15) is 23.2 Å². The van der Waals surface area contributed by atoms with Crippen molar-refractivity contribution in [2.24, 2.45) is 12.8 Å². The molecule has 2 aliphatic rings. The highest BCUT2D eigenvalue weighted by Crippen LogP contribution is 2.39. The van der Waals surface area contributed by atoms with Gasteiger partial charge in [-0.05, 0) is 30.7 Å². The number of methoxy groups -OCH3 is 1.